The van der Waals surface area contributed by atoms with Crippen molar-refractivity contribution < 1.29 is 9.30 Å². The standard InChI is InChI=1S/C64H47N4O/c1-64(2,3)45-36-37-65-59(38-45)68-58-40-48(34-35-54(58)61-55-31-15-23-44-22-14-30-52(60(44)55)51-26-10-11-27-53(51)63(61)68)69-47-25-16-24-46(39-47)66-41-67(57-33-13-12-32-56(57)66)62-49(42-18-6-4-7-19-42)28-17-29-50(62)43-20-8-5-9-21-43/h4-41H,1-3H3/q+1. The molecule has 0 N–H and O–H groups in total. The Morgan fingerprint density at radius 2 is 1.12 bits per heavy atom. The van der Waals surface area contributed by atoms with Crippen LogP contribution in [0.4, 0.5) is 0 Å². The van der Waals surface area contributed by atoms with E-state index in [1.165, 1.54) is 44.2 Å². The second kappa shape index (κ2) is 15.9. The third kappa shape index (κ3) is 6.69. The van der Waals surface area contributed by atoms with Crippen molar-refractivity contribution in [2.75, 3.05) is 0 Å². The van der Waals surface area contributed by atoms with Gasteiger partial charge < -0.3 is 4.74 Å². The van der Waals surface area contributed by atoms with Gasteiger partial charge in [-0.15, -0.1) is 0 Å². The molecule has 69 heavy (non-hydrogen) atoms. The van der Waals surface area contributed by atoms with Gasteiger partial charge in [0.25, 0.3) is 6.33 Å². The fraction of sp³-hybridized carbons (Fsp3) is 0.0625. The van der Waals surface area contributed by atoms with E-state index in [1.54, 1.807) is 0 Å². The Morgan fingerprint density at radius 3 is 1.87 bits per heavy atom. The molecule has 0 saturated carbocycles. The molecule has 1 aliphatic rings. The van der Waals surface area contributed by atoms with Crippen LogP contribution in [-0.2, 0) is 5.41 Å². The fourth-order valence-electron chi connectivity index (χ4n) is 10.6. The summed E-state index contributed by atoms with van der Waals surface area (Å²) in [4.78, 5) is 5.13. The number of fused-ring (bicyclic) bond motifs is 8. The molecular weight excluding hydrogens is 841 g/mol. The first-order valence-corrected chi connectivity index (χ1v) is 23.7. The number of para-hydroxylation sites is 3. The van der Waals surface area contributed by atoms with E-state index in [1.807, 2.05) is 12.3 Å². The van der Waals surface area contributed by atoms with E-state index in [0.717, 1.165) is 78.6 Å². The zero-order valence-corrected chi connectivity index (χ0v) is 38.6. The minimum atomic E-state index is -0.0730. The summed E-state index contributed by atoms with van der Waals surface area (Å²) in [7, 11) is 0. The quantitative estimate of drug-likeness (QED) is 0.150. The molecule has 12 aromatic rings. The van der Waals surface area contributed by atoms with Crippen molar-refractivity contribution in [2.45, 2.75) is 26.2 Å². The number of aromatic nitrogens is 4. The van der Waals surface area contributed by atoms with Gasteiger partial charge in [0.2, 0.25) is 0 Å². The molecule has 13 rings (SSSR count). The Balaban J connectivity index is 0.976. The topological polar surface area (TPSA) is 35.9 Å². The molecule has 3 heterocycles. The van der Waals surface area contributed by atoms with Gasteiger partial charge in [-0.1, -0.05) is 178 Å². The van der Waals surface area contributed by atoms with Gasteiger partial charge in [0.15, 0.2) is 11.0 Å². The number of benzene rings is 9. The van der Waals surface area contributed by atoms with Crippen LogP contribution < -0.4 is 9.30 Å². The van der Waals surface area contributed by atoms with Crippen molar-refractivity contribution in [3.63, 3.8) is 0 Å². The Morgan fingerprint density at radius 1 is 0.493 bits per heavy atom. The number of ether oxygens (including phenoxy) is 1. The van der Waals surface area contributed by atoms with E-state index in [-0.39, 0.29) is 5.41 Å². The molecule has 3 aromatic heterocycles. The molecule has 1 aliphatic carbocycles. The lowest BCUT2D eigenvalue weighted by atomic mass is 9.88. The average molecular weight is 888 g/mol. The van der Waals surface area contributed by atoms with Crippen LogP contribution in [0.3, 0.4) is 0 Å². The molecule has 0 radical (unpaired) electrons. The van der Waals surface area contributed by atoms with Gasteiger partial charge >= 0.3 is 0 Å². The highest BCUT2D eigenvalue weighted by Gasteiger charge is 2.30. The van der Waals surface area contributed by atoms with Crippen LogP contribution in [0.1, 0.15) is 26.3 Å². The molecule has 9 aromatic carbocycles. The SMILES string of the molecule is CC(C)(C)c1ccnc(-n2c3c(c4ccc(Oc5cccc(-n6c[n+](-c7c(-c8ccccc8)cccc7-c7ccccc7)c7ccccc76)c5)cc42)-c2cccc4cccc(c24)-c2ccccc2-3)c1. The molecule has 0 unspecified atom stereocenters. The molecule has 0 fully saturated rings. The smallest absolute Gasteiger partial charge is 0.255 e. The first kappa shape index (κ1) is 40.5. The van der Waals surface area contributed by atoms with Gasteiger partial charge in [0.1, 0.15) is 28.7 Å². The molecule has 0 spiro atoms. The molecule has 0 amide bonds. The lowest BCUT2D eigenvalue weighted by molar-refractivity contribution is -0.566. The lowest BCUT2D eigenvalue weighted by Gasteiger charge is -2.21. The summed E-state index contributed by atoms with van der Waals surface area (Å²) in [6.07, 6.45) is 4.18. The Hall–Kier alpha value is -8.80. The van der Waals surface area contributed by atoms with Crippen LogP contribution >= 0.6 is 0 Å². The van der Waals surface area contributed by atoms with Gasteiger partial charge in [-0.25, -0.2) is 4.98 Å². The number of hydrogen-bond acceptors (Lipinski definition) is 2. The molecule has 5 nitrogen and oxygen atoms in total. The summed E-state index contributed by atoms with van der Waals surface area (Å²) in [5.74, 6) is 2.35. The van der Waals surface area contributed by atoms with E-state index in [9.17, 15) is 0 Å². The van der Waals surface area contributed by atoms with Crippen molar-refractivity contribution in [1.82, 2.24) is 14.1 Å². The first-order valence-electron chi connectivity index (χ1n) is 23.7. The maximum absolute atomic E-state index is 6.96. The van der Waals surface area contributed by atoms with Crippen LogP contribution in [0.2, 0.25) is 0 Å². The molecule has 0 bridgehead atoms. The van der Waals surface area contributed by atoms with Gasteiger partial charge in [-0.2, -0.15) is 9.13 Å². The third-order valence-corrected chi connectivity index (χ3v) is 13.8. The summed E-state index contributed by atoms with van der Waals surface area (Å²) in [5.41, 5.74) is 18.3. The van der Waals surface area contributed by atoms with E-state index in [0.29, 0.717) is 0 Å². The van der Waals surface area contributed by atoms with Crippen LogP contribution in [0.15, 0.2) is 231 Å². The van der Waals surface area contributed by atoms with Crippen molar-refractivity contribution in [3.8, 4) is 84.5 Å². The highest BCUT2D eigenvalue weighted by Crippen LogP contribution is 2.52. The second-order valence-electron chi connectivity index (χ2n) is 19.0. The maximum atomic E-state index is 6.96. The minimum Gasteiger partial charge on any atom is -0.457 e. The summed E-state index contributed by atoms with van der Waals surface area (Å²) < 4.78 is 13.9. The molecule has 328 valence electrons. The van der Waals surface area contributed by atoms with Gasteiger partial charge in [0, 0.05) is 46.0 Å². The number of imidazole rings is 1. The fourth-order valence-corrected chi connectivity index (χ4v) is 10.6. The van der Waals surface area contributed by atoms with Crippen molar-refractivity contribution in [2.24, 2.45) is 0 Å². The van der Waals surface area contributed by atoms with Gasteiger partial charge in [-0.3, -0.25) is 4.57 Å². The van der Waals surface area contributed by atoms with E-state index in [4.69, 9.17) is 9.72 Å². The van der Waals surface area contributed by atoms with Crippen LogP contribution in [0.5, 0.6) is 11.5 Å². The predicted molar refractivity (Wildman–Crippen MR) is 283 cm³/mol. The van der Waals surface area contributed by atoms with Crippen molar-refractivity contribution >= 4 is 32.7 Å². The average Bonchev–Trinajstić information content (AvgIpc) is 3.91. The van der Waals surface area contributed by atoms with Crippen molar-refractivity contribution in [1.29, 1.82) is 0 Å². The third-order valence-electron chi connectivity index (χ3n) is 13.8. The van der Waals surface area contributed by atoms with E-state index >= 15 is 0 Å². The molecule has 0 aliphatic heterocycles. The lowest BCUT2D eigenvalue weighted by Crippen LogP contribution is -2.30. The van der Waals surface area contributed by atoms with Gasteiger partial charge in [0.05, 0.1) is 11.2 Å². The number of hydrogen-bond donors (Lipinski definition) is 0. The van der Waals surface area contributed by atoms with Gasteiger partial charge in [-0.05, 0) is 98.1 Å². The normalized spacial score (nSPS) is 12.0. The predicted octanol–water partition coefficient (Wildman–Crippen LogP) is 16.1. The maximum Gasteiger partial charge on any atom is 0.255 e. The minimum absolute atomic E-state index is 0.0730. The molecule has 0 saturated heterocycles. The zero-order valence-electron chi connectivity index (χ0n) is 38.6. The molecular formula is C64H47N4O+. The Kier molecular flexibility index (Phi) is 9.34. The highest BCUT2D eigenvalue weighted by atomic mass is 16.5. The summed E-state index contributed by atoms with van der Waals surface area (Å²) in [6.45, 7) is 6.78. The number of nitrogens with zero attached hydrogens (tertiary/aromatic N) is 4. The monoisotopic (exact) mass is 887 g/mol. The van der Waals surface area contributed by atoms with Crippen LogP contribution in [0, 0.1) is 0 Å². The van der Waals surface area contributed by atoms with E-state index < -0.39 is 0 Å². The highest BCUT2D eigenvalue weighted by molar-refractivity contribution is 6.19. The molecule has 5 heteroatoms. The summed E-state index contributed by atoms with van der Waals surface area (Å²) >= 11 is 0. The Labute approximate surface area is 401 Å². The van der Waals surface area contributed by atoms with E-state index in [2.05, 4.69) is 253 Å². The first-order chi connectivity index (χ1) is 33.9. The van der Waals surface area contributed by atoms with Crippen LogP contribution in [0.25, 0.3) is 106 Å². The summed E-state index contributed by atoms with van der Waals surface area (Å²) in [5, 5.41) is 3.62. The van der Waals surface area contributed by atoms with Crippen molar-refractivity contribution in [3.05, 3.63) is 236 Å². The van der Waals surface area contributed by atoms with Crippen LogP contribution in [-0.4, -0.2) is 14.1 Å². The summed E-state index contributed by atoms with van der Waals surface area (Å²) in [6, 6.07) is 78.2. The zero-order chi connectivity index (χ0) is 46.2. The largest absolute Gasteiger partial charge is 0.457 e. The second-order valence-corrected chi connectivity index (χ2v) is 19.0. The Bertz CT molecular complexity index is 3900. The number of pyridine rings is 1. The molecule has 0 atom stereocenters. The number of rotatable bonds is 7.